The van der Waals surface area contributed by atoms with E-state index in [9.17, 15) is 0 Å². The SMILES string of the molecule is Cn1cnc2c(SCCO)nccc21. The molecule has 0 aromatic carbocycles. The summed E-state index contributed by atoms with van der Waals surface area (Å²) >= 11 is 1.53. The number of aliphatic hydroxyl groups excluding tert-OH is 1. The summed E-state index contributed by atoms with van der Waals surface area (Å²) in [7, 11) is 1.95. The quantitative estimate of drug-likeness (QED) is 0.768. The van der Waals surface area contributed by atoms with E-state index in [-0.39, 0.29) is 6.61 Å². The summed E-state index contributed by atoms with van der Waals surface area (Å²) in [5.74, 6) is 0.655. The summed E-state index contributed by atoms with van der Waals surface area (Å²) in [5, 5.41) is 9.62. The Kier molecular flexibility index (Phi) is 2.69. The van der Waals surface area contributed by atoms with Crippen LogP contribution < -0.4 is 0 Å². The molecular weight excluding hydrogens is 198 g/mol. The molecule has 2 rings (SSSR count). The van der Waals surface area contributed by atoms with Gasteiger partial charge in [0.1, 0.15) is 10.5 Å². The first-order valence-corrected chi connectivity index (χ1v) is 5.31. The van der Waals surface area contributed by atoms with Gasteiger partial charge in [0.25, 0.3) is 0 Å². The van der Waals surface area contributed by atoms with Crippen LogP contribution in [-0.2, 0) is 7.05 Å². The fourth-order valence-corrected chi connectivity index (χ4v) is 2.00. The van der Waals surface area contributed by atoms with E-state index < -0.39 is 0 Å². The number of aliphatic hydroxyl groups is 1. The van der Waals surface area contributed by atoms with Crippen LogP contribution >= 0.6 is 11.8 Å². The minimum absolute atomic E-state index is 0.162. The molecule has 2 aromatic rings. The molecule has 0 radical (unpaired) electrons. The number of imidazole rings is 1. The Labute approximate surface area is 86.0 Å². The Hall–Kier alpha value is -1.07. The second-order valence-electron chi connectivity index (χ2n) is 2.91. The highest BCUT2D eigenvalue weighted by molar-refractivity contribution is 7.99. The van der Waals surface area contributed by atoms with Gasteiger partial charge in [0.05, 0.1) is 18.5 Å². The van der Waals surface area contributed by atoms with Crippen LogP contribution in [0.1, 0.15) is 0 Å². The normalized spacial score (nSPS) is 11.0. The van der Waals surface area contributed by atoms with Gasteiger partial charge in [-0.15, -0.1) is 11.8 Å². The van der Waals surface area contributed by atoms with Crippen LogP contribution in [0.15, 0.2) is 23.6 Å². The number of hydrogen-bond acceptors (Lipinski definition) is 4. The maximum atomic E-state index is 8.73. The average molecular weight is 209 g/mol. The van der Waals surface area contributed by atoms with Crippen molar-refractivity contribution in [2.45, 2.75) is 5.03 Å². The van der Waals surface area contributed by atoms with Crippen molar-refractivity contribution < 1.29 is 5.11 Å². The molecule has 0 fully saturated rings. The van der Waals surface area contributed by atoms with Crippen molar-refractivity contribution >= 4 is 22.8 Å². The van der Waals surface area contributed by atoms with E-state index in [1.807, 2.05) is 17.7 Å². The molecule has 0 saturated carbocycles. The van der Waals surface area contributed by atoms with Gasteiger partial charge in [-0.2, -0.15) is 0 Å². The van der Waals surface area contributed by atoms with Crippen molar-refractivity contribution in [2.24, 2.45) is 7.05 Å². The summed E-state index contributed by atoms with van der Waals surface area (Å²) in [6.45, 7) is 0.162. The molecule has 0 aliphatic heterocycles. The van der Waals surface area contributed by atoms with Crippen LogP contribution in [0.4, 0.5) is 0 Å². The lowest BCUT2D eigenvalue weighted by molar-refractivity contribution is 0.322. The molecule has 5 heteroatoms. The number of hydrogen-bond donors (Lipinski definition) is 1. The van der Waals surface area contributed by atoms with E-state index in [2.05, 4.69) is 9.97 Å². The summed E-state index contributed by atoms with van der Waals surface area (Å²) < 4.78 is 1.96. The second kappa shape index (κ2) is 3.98. The van der Waals surface area contributed by atoms with Crippen molar-refractivity contribution in [1.29, 1.82) is 0 Å². The first-order chi connectivity index (χ1) is 6.83. The van der Waals surface area contributed by atoms with Crippen molar-refractivity contribution in [3.05, 3.63) is 18.6 Å². The fraction of sp³-hybridized carbons (Fsp3) is 0.333. The molecular formula is C9H11N3OS. The number of thioether (sulfide) groups is 1. The van der Waals surface area contributed by atoms with Crippen LogP contribution in [-0.4, -0.2) is 32.0 Å². The lowest BCUT2D eigenvalue weighted by Gasteiger charge is -1.99. The molecule has 2 heterocycles. The van der Waals surface area contributed by atoms with Gasteiger partial charge in [-0.3, -0.25) is 0 Å². The number of aromatic nitrogens is 3. The van der Waals surface area contributed by atoms with Gasteiger partial charge >= 0.3 is 0 Å². The number of nitrogens with zero attached hydrogens (tertiary/aromatic N) is 3. The minimum atomic E-state index is 0.162. The lowest BCUT2D eigenvalue weighted by atomic mass is 10.4. The van der Waals surface area contributed by atoms with Crippen molar-refractivity contribution in [1.82, 2.24) is 14.5 Å². The van der Waals surface area contributed by atoms with Crippen LogP contribution in [0.2, 0.25) is 0 Å². The van der Waals surface area contributed by atoms with E-state index in [0.717, 1.165) is 16.1 Å². The van der Waals surface area contributed by atoms with Gasteiger partial charge in [0.15, 0.2) is 0 Å². The third-order valence-electron chi connectivity index (χ3n) is 1.94. The van der Waals surface area contributed by atoms with E-state index in [1.54, 1.807) is 12.5 Å². The standard InChI is InChI=1S/C9H11N3OS/c1-12-6-11-8-7(12)2-3-10-9(8)14-5-4-13/h2-3,6,13H,4-5H2,1H3. The van der Waals surface area contributed by atoms with Gasteiger partial charge in [-0.1, -0.05) is 0 Å². The highest BCUT2D eigenvalue weighted by atomic mass is 32.2. The first kappa shape index (κ1) is 9.48. The molecule has 2 aromatic heterocycles. The molecule has 1 N–H and O–H groups in total. The number of rotatable bonds is 3. The molecule has 0 spiro atoms. The Morgan fingerprint density at radius 1 is 1.50 bits per heavy atom. The molecule has 4 nitrogen and oxygen atoms in total. The molecule has 0 atom stereocenters. The third-order valence-corrected chi connectivity index (χ3v) is 2.90. The maximum absolute atomic E-state index is 8.73. The monoisotopic (exact) mass is 209 g/mol. The highest BCUT2D eigenvalue weighted by Crippen LogP contribution is 2.23. The maximum Gasteiger partial charge on any atom is 0.124 e. The van der Waals surface area contributed by atoms with Gasteiger partial charge in [0, 0.05) is 19.0 Å². The van der Waals surface area contributed by atoms with E-state index in [1.165, 1.54) is 11.8 Å². The Bertz CT molecular complexity index is 441. The van der Waals surface area contributed by atoms with Crippen LogP contribution in [0.5, 0.6) is 0 Å². The predicted molar refractivity (Wildman–Crippen MR) is 56.3 cm³/mol. The van der Waals surface area contributed by atoms with E-state index in [4.69, 9.17) is 5.11 Å². The van der Waals surface area contributed by atoms with Crippen LogP contribution in [0.25, 0.3) is 11.0 Å². The summed E-state index contributed by atoms with van der Waals surface area (Å²) in [6, 6.07) is 1.94. The minimum Gasteiger partial charge on any atom is -0.396 e. The van der Waals surface area contributed by atoms with E-state index >= 15 is 0 Å². The molecule has 14 heavy (non-hydrogen) atoms. The largest absolute Gasteiger partial charge is 0.396 e. The van der Waals surface area contributed by atoms with Crippen LogP contribution in [0, 0.1) is 0 Å². The molecule has 0 saturated heterocycles. The zero-order chi connectivity index (χ0) is 9.97. The summed E-state index contributed by atoms with van der Waals surface area (Å²) in [5.41, 5.74) is 1.98. The van der Waals surface area contributed by atoms with E-state index in [0.29, 0.717) is 5.75 Å². The third kappa shape index (κ3) is 1.60. The molecule has 0 aliphatic carbocycles. The fourth-order valence-electron chi connectivity index (χ4n) is 1.29. The molecule has 0 aliphatic rings. The zero-order valence-electron chi connectivity index (χ0n) is 7.84. The van der Waals surface area contributed by atoms with Gasteiger partial charge in [0.2, 0.25) is 0 Å². The van der Waals surface area contributed by atoms with Crippen molar-refractivity contribution in [3.63, 3.8) is 0 Å². The molecule has 0 unspecified atom stereocenters. The molecule has 74 valence electrons. The first-order valence-electron chi connectivity index (χ1n) is 4.32. The van der Waals surface area contributed by atoms with Crippen LogP contribution in [0.3, 0.4) is 0 Å². The number of fused-ring (bicyclic) bond motifs is 1. The summed E-state index contributed by atoms with van der Waals surface area (Å²) in [6.07, 6.45) is 3.54. The van der Waals surface area contributed by atoms with Crippen molar-refractivity contribution in [2.75, 3.05) is 12.4 Å². The zero-order valence-corrected chi connectivity index (χ0v) is 8.66. The van der Waals surface area contributed by atoms with Gasteiger partial charge in [-0.05, 0) is 6.07 Å². The number of aryl methyl sites for hydroxylation is 1. The lowest BCUT2D eigenvalue weighted by Crippen LogP contribution is -1.90. The Morgan fingerprint density at radius 3 is 3.14 bits per heavy atom. The average Bonchev–Trinajstić information content (AvgIpc) is 2.58. The van der Waals surface area contributed by atoms with Gasteiger partial charge in [-0.25, -0.2) is 9.97 Å². The predicted octanol–water partition coefficient (Wildman–Crippen LogP) is 1.05. The number of pyridine rings is 1. The smallest absolute Gasteiger partial charge is 0.124 e. The molecule has 0 bridgehead atoms. The topological polar surface area (TPSA) is 50.9 Å². The highest BCUT2D eigenvalue weighted by Gasteiger charge is 2.06. The Balaban J connectivity index is 2.44. The van der Waals surface area contributed by atoms with Crippen molar-refractivity contribution in [3.8, 4) is 0 Å². The summed E-state index contributed by atoms with van der Waals surface area (Å²) in [4.78, 5) is 8.50. The Morgan fingerprint density at radius 2 is 2.36 bits per heavy atom. The molecule has 0 amide bonds. The van der Waals surface area contributed by atoms with Gasteiger partial charge < -0.3 is 9.67 Å². The second-order valence-corrected chi connectivity index (χ2v) is 4.00.